The molecular weight excluding hydrogens is 124 g/mol. The van der Waals surface area contributed by atoms with Crippen LogP contribution in [0, 0.1) is 11.3 Å². The second kappa shape index (κ2) is 2.59. The predicted octanol–water partition coefficient (Wildman–Crippen LogP) is 1.43. The van der Waals surface area contributed by atoms with Crippen molar-refractivity contribution in [3.63, 3.8) is 0 Å². The van der Waals surface area contributed by atoms with Crippen LogP contribution in [-0.2, 0) is 0 Å². The van der Waals surface area contributed by atoms with Crippen molar-refractivity contribution < 1.29 is 0 Å². The monoisotopic (exact) mass is 138 g/mol. The SMILES string of the molecule is CCC(C)(C#N)NC1CC1. The average molecular weight is 138 g/mol. The topological polar surface area (TPSA) is 35.8 Å². The van der Waals surface area contributed by atoms with Crippen LogP contribution in [0.3, 0.4) is 0 Å². The number of nitrogens with zero attached hydrogens (tertiary/aromatic N) is 1. The van der Waals surface area contributed by atoms with Crippen LogP contribution in [0.4, 0.5) is 0 Å². The summed E-state index contributed by atoms with van der Waals surface area (Å²) in [5.41, 5.74) is -0.277. The summed E-state index contributed by atoms with van der Waals surface area (Å²) in [6.45, 7) is 4.00. The van der Waals surface area contributed by atoms with Crippen LogP contribution in [0.1, 0.15) is 33.1 Å². The molecule has 1 atom stereocenters. The van der Waals surface area contributed by atoms with Gasteiger partial charge in [-0.3, -0.25) is 5.32 Å². The standard InChI is InChI=1S/C8H14N2/c1-3-8(2,6-9)10-7-4-5-7/h7,10H,3-5H2,1-2H3. The minimum Gasteiger partial charge on any atom is -0.297 e. The van der Waals surface area contributed by atoms with E-state index in [1.54, 1.807) is 0 Å². The van der Waals surface area contributed by atoms with Gasteiger partial charge in [-0.15, -0.1) is 0 Å². The fourth-order valence-corrected chi connectivity index (χ4v) is 0.892. The molecule has 0 aromatic carbocycles. The summed E-state index contributed by atoms with van der Waals surface area (Å²) in [5, 5.41) is 12.1. The summed E-state index contributed by atoms with van der Waals surface area (Å²) >= 11 is 0. The normalized spacial score (nSPS) is 23.3. The van der Waals surface area contributed by atoms with E-state index in [9.17, 15) is 0 Å². The van der Waals surface area contributed by atoms with Gasteiger partial charge in [0, 0.05) is 6.04 Å². The quantitative estimate of drug-likeness (QED) is 0.640. The van der Waals surface area contributed by atoms with E-state index >= 15 is 0 Å². The number of hydrogen-bond donors (Lipinski definition) is 1. The third-order valence-corrected chi connectivity index (χ3v) is 2.05. The lowest BCUT2D eigenvalue weighted by Gasteiger charge is -2.20. The number of hydrogen-bond acceptors (Lipinski definition) is 2. The zero-order valence-corrected chi connectivity index (χ0v) is 6.65. The second-order valence-corrected chi connectivity index (χ2v) is 3.22. The molecule has 1 N–H and O–H groups in total. The van der Waals surface area contributed by atoms with E-state index in [-0.39, 0.29) is 5.54 Å². The Balaban J connectivity index is 2.39. The fraction of sp³-hybridized carbons (Fsp3) is 0.875. The molecule has 0 spiro atoms. The van der Waals surface area contributed by atoms with Crippen molar-refractivity contribution in [3.05, 3.63) is 0 Å². The van der Waals surface area contributed by atoms with Crippen molar-refractivity contribution in [3.8, 4) is 6.07 Å². The summed E-state index contributed by atoms with van der Waals surface area (Å²) in [4.78, 5) is 0. The molecule has 2 nitrogen and oxygen atoms in total. The number of rotatable bonds is 3. The molecule has 0 saturated heterocycles. The van der Waals surface area contributed by atoms with Crippen LogP contribution in [0.25, 0.3) is 0 Å². The Labute approximate surface area is 62.2 Å². The van der Waals surface area contributed by atoms with Gasteiger partial charge in [0.1, 0.15) is 5.54 Å². The molecule has 0 aliphatic heterocycles. The van der Waals surface area contributed by atoms with Crippen molar-refractivity contribution in [2.45, 2.75) is 44.7 Å². The molecule has 0 amide bonds. The molecule has 1 aliphatic carbocycles. The third kappa shape index (κ3) is 1.71. The summed E-state index contributed by atoms with van der Waals surface area (Å²) in [7, 11) is 0. The first kappa shape index (κ1) is 7.56. The van der Waals surface area contributed by atoms with E-state index in [1.165, 1.54) is 12.8 Å². The highest BCUT2D eigenvalue weighted by Gasteiger charge is 2.30. The van der Waals surface area contributed by atoms with Crippen molar-refractivity contribution in [2.75, 3.05) is 0 Å². The first-order valence-electron chi connectivity index (χ1n) is 3.89. The maximum Gasteiger partial charge on any atom is 0.103 e. The Bertz CT molecular complexity index is 155. The minimum atomic E-state index is -0.277. The van der Waals surface area contributed by atoms with E-state index in [0.717, 1.165) is 6.42 Å². The van der Waals surface area contributed by atoms with E-state index < -0.39 is 0 Å². The van der Waals surface area contributed by atoms with Gasteiger partial charge in [-0.1, -0.05) is 6.92 Å². The van der Waals surface area contributed by atoms with E-state index in [2.05, 4.69) is 11.4 Å². The largest absolute Gasteiger partial charge is 0.297 e. The van der Waals surface area contributed by atoms with Crippen LogP contribution >= 0.6 is 0 Å². The molecule has 10 heavy (non-hydrogen) atoms. The maximum absolute atomic E-state index is 8.75. The zero-order chi connectivity index (χ0) is 7.61. The summed E-state index contributed by atoms with van der Waals surface area (Å²) in [6, 6.07) is 2.92. The number of nitriles is 1. The van der Waals surface area contributed by atoms with Gasteiger partial charge in [-0.05, 0) is 26.2 Å². The van der Waals surface area contributed by atoms with Crippen molar-refractivity contribution in [2.24, 2.45) is 0 Å². The summed E-state index contributed by atoms with van der Waals surface area (Å²) in [5.74, 6) is 0. The van der Waals surface area contributed by atoms with E-state index in [1.807, 2.05) is 13.8 Å². The molecule has 1 rings (SSSR count). The Hall–Kier alpha value is -0.550. The van der Waals surface area contributed by atoms with Crippen LogP contribution < -0.4 is 5.32 Å². The van der Waals surface area contributed by atoms with Crippen LogP contribution in [0.5, 0.6) is 0 Å². The molecule has 0 aromatic heterocycles. The Morgan fingerprint density at radius 1 is 1.70 bits per heavy atom. The van der Waals surface area contributed by atoms with Crippen LogP contribution in [0.15, 0.2) is 0 Å². The highest BCUT2D eigenvalue weighted by molar-refractivity contribution is 5.06. The maximum atomic E-state index is 8.75. The van der Waals surface area contributed by atoms with Gasteiger partial charge in [0.15, 0.2) is 0 Å². The summed E-state index contributed by atoms with van der Waals surface area (Å²) in [6.07, 6.45) is 3.38. The van der Waals surface area contributed by atoms with Gasteiger partial charge in [-0.25, -0.2) is 0 Å². The lowest BCUT2D eigenvalue weighted by Crippen LogP contribution is -2.41. The zero-order valence-electron chi connectivity index (χ0n) is 6.65. The molecule has 1 saturated carbocycles. The molecule has 0 bridgehead atoms. The van der Waals surface area contributed by atoms with Gasteiger partial charge < -0.3 is 0 Å². The molecule has 1 aliphatic rings. The predicted molar refractivity (Wildman–Crippen MR) is 40.5 cm³/mol. The van der Waals surface area contributed by atoms with Crippen molar-refractivity contribution in [1.82, 2.24) is 5.32 Å². The fourth-order valence-electron chi connectivity index (χ4n) is 0.892. The average Bonchev–Trinajstić information content (AvgIpc) is 2.72. The van der Waals surface area contributed by atoms with Gasteiger partial charge in [0.05, 0.1) is 6.07 Å². The molecule has 2 heteroatoms. The van der Waals surface area contributed by atoms with Crippen molar-refractivity contribution >= 4 is 0 Å². The van der Waals surface area contributed by atoms with E-state index in [4.69, 9.17) is 5.26 Å². The molecule has 0 radical (unpaired) electrons. The Morgan fingerprint density at radius 2 is 2.30 bits per heavy atom. The third-order valence-electron chi connectivity index (χ3n) is 2.05. The van der Waals surface area contributed by atoms with Gasteiger partial charge in [-0.2, -0.15) is 5.26 Å². The summed E-state index contributed by atoms with van der Waals surface area (Å²) < 4.78 is 0. The van der Waals surface area contributed by atoms with Gasteiger partial charge in [0.25, 0.3) is 0 Å². The highest BCUT2D eigenvalue weighted by atomic mass is 15.0. The molecule has 1 fully saturated rings. The lowest BCUT2D eigenvalue weighted by atomic mass is 10.0. The van der Waals surface area contributed by atoms with Crippen LogP contribution in [0.2, 0.25) is 0 Å². The highest BCUT2D eigenvalue weighted by Crippen LogP contribution is 2.23. The smallest absolute Gasteiger partial charge is 0.103 e. The Kier molecular flexibility index (Phi) is 1.96. The lowest BCUT2D eigenvalue weighted by molar-refractivity contribution is 0.431. The van der Waals surface area contributed by atoms with E-state index in [0.29, 0.717) is 6.04 Å². The minimum absolute atomic E-state index is 0.277. The molecule has 0 aromatic rings. The first-order chi connectivity index (χ1) is 4.70. The van der Waals surface area contributed by atoms with Gasteiger partial charge in [0.2, 0.25) is 0 Å². The molecular formula is C8H14N2. The first-order valence-corrected chi connectivity index (χ1v) is 3.89. The van der Waals surface area contributed by atoms with Gasteiger partial charge >= 0.3 is 0 Å². The molecule has 0 heterocycles. The van der Waals surface area contributed by atoms with Crippen molar-refractivity contribution in [1.29, 1.82) is 5.26 Å². The molecule has 1 unspecified atom stereocenters. The Morgan fingerprint density at radius 3 is 2.60 bits per heavy atom. The van der Waals surface area contributed by atoms with Crippen LogP contribution in [-0.4, -0.2) is 11.6 Å². The second-order valence-electron chi connectivity index (χ2n) is 3.22. The number of nitrogens with one attached hydrogen (secondary N) is 1. The molecule has 56 valence electrons.